The lowest BCUT2D eigenvalue weighted by Gasteiger charge is -2.23. The minimum absolute atomic E-state index is 0.0828. The lowest BCUT2D eigenvalue weighted by Crippen LogP contribution is -2.47. The number of carbonyl (C=O) groups is 1. The van der Waals surface area contributed by atoms with Crippen LogP contribution in [0.5, 0.6) is 0 Å². The van der Waals surface area contributed by atoms with Gasteiger partial charge in [0, 0.05) is 12.6 Å². The Balaban J connectivity index is 2.28. The molecule has 0 radical (unpaired) electrons. The van der Waals surface area contributed by atoms with Crippen LogP contribution in [0.4, 0.5) is 0 Å². The zero-order chi connectivity index (χ0) is 13.8. The Labute approximate surface area is 112 Å². The molecular formula is C15H30N2O. The van der Waals surface area contributed by atoms with Crippen molar-refractivity contribution in [2.75, 3.05) is 6.54 Å². The third-order valence-corrected chi connectivity index (χ3v) is 4.38. The van der Waals surface area contributed by atoms with E-state index in [1.165, 1.54) is 12.8 Å². The van der Waals surface area contributed by atoms with Crippen molar-refractivity contribution >= 4 is 5.91 Å². The van der Waals surface area contributed by atoms with Crippen molar-refractivity contribution in [2.45, 2.75) is 72.4 Å². The molecule has 1 saturated carbocycles. The molecule has 0 aromatic rings. The van der Waals surface area contributed by atoms with Gasteiger partial charge in [-0.2, -0.15) is 0 Å². The maximum Gasteiger partial charge on any atom is 0.237 e. The second-order valence-electron chi connectivity index (χ2n) is 6.32. The molecule has 0 aliphatic heterocycles. The fraction of sp³-hybridized carbons (Fsp3) is 0.933. The molecule has 106 valence electrons. The highest BCUT2D eigenvalue weighted by atomic mass is 16.2. The van der Waals surface area contributed by atoms with Gasteiger partial charge >= 0.3 is 0 Å². The van der Waals surface area contributed by atoms with Crippen LogP contribution >= 0.6 is 0 Å². The Hall–Kier alpha value is -0.570. The maximum atomic E-state index is 12.0. The maximum absolute atomic E-state index is 12.0. The van der Waals surface area contributed by atoms with E-state index in [4.69, 9.17) is 0 Å². The summed E-state index contributed by atoms with van der Waals surface area (Å²) in [5.41, 5.74) is 0.462. The van der Waals surface area contributed by atoms with Crippen molar-refractivity contribution in [3.63, 3.8) is 0 Å². The summed E-state index contributed by atoms with van der Waals surface area (Å²) in [5.74, 6) is 0.842. The standard InChI is InChI=1S/C15H30N2O/c1-6-7-12(4)17-14(18)13(5)16-10-15(8-9-15)11(2)3/h11-13,16H,6-10H2,1-5H3,(H,17,18). The second-order valence-corrected chi connectivity index (χ2v) is 6.32. The van der Waals surface area contributed by atoms with Gasteiger partial charge in [-0.15, -0.1) is 0 Å². The third-order valence-electron chi connectivity index (χ3n) is 4.38. The van der Waals surface area contributed by atoms with Crippen LogP contribution in [0.25, 0.3) is 0 Å². The van der Waals surface area contributed by atoms with E-state index in [1.807, 2.05) is 6.92 Å². The molecule has 0 bridgehead atoms. The van der Waals surface area contributed by atoms with E-state index in [9.17, 15) is 4.79 Å². The highest BCUT2D eigenvalue weighted by Crippen LogP contribution is 2.51. The first-order valence-corrected chi connectivity index (χ1v) is 7.45. The van der Waals surface area contributed by atoms with Crippen molar-refractivity contribution in [2.24, 2.45) is 11.3 Å². The first-order chi connectivity index (χ1) is 8.41. The number of hydrogen-bond donors (Lipinski definition) is 2. The zero-order valence-electron chi connectivity index (χ0n) is 12.7. The van der Waals surface area contributed by atoms with Crippen LogP contribution in [-0.4, -0.2) is 24.5 Å². The largest absolute Gasteiger partial charge is 0.352 e. The average Bonchev–Trinajstić information content (AvgIpc) is 3.07. The van der Waals surface area contributed by atoms with Crippen LogP contribution in [0.3, 0.4) is 0 Å². The molecule has 18 heavy (non-hydrogen) atoms. The van der Waals surface area contributed by atoms with Gasteiger partial charge < -0.3 is 10.6 Å². The molecule has 1 aliphatic rings. The molecule has 1 aliphatic carbocycles. The summed E-state index contributed by atoms with van der Waals surface area (Å²) in [4.78, 5) is 12.0. The highest BCUT2D eigenvalue weighted by molar-refractivity contribution is 5.81. The minimum atomic E-state index is -0.0828. The lowest BCUT2D eigenvalue weighted by molar-refractivity contribution is -0.123. The van der Waals surface area contributed by atoms with Crippen LogP contribution in [-0.2, 0) is 4.79 Å². The third kappa shape index (κ3) is 4.27. The van der Waals surface area contributed by atoms with Gasteiger partial charge in [0.2, 0.25) is 5.91 Å². The monoisotopic (exact) mass is 254 g/mol. The topological polar surface area (TPSA) is 41.1 Å². The Morgan fingerprint density at radius 2 is 1.83 bits per heavy atom. The van der Waals surface area contributed by atoms with E-state index in [0.29, 0.717) is 11.3 Å². The van der Waals surface area contributed by atoms with Crippen LogP contribution in [0.15, 0.2) is 0 Å². The number of hydrogen-bond acceptors (Lipinski definition) is 2. The Kier molecular flexibility index (Phi) is 5.64. The number of carbonyl (C=O) groups excluding carboxylic acids is 1. The summed E-state index contributed by atoms with van der Waals surface area (Å²) in [6.07, 6.45) is 4.77. The summed E-state index contributed by atoms with van der Waals surface area (Å²) < 4.78 is 0. The predicted molar refractivity (Wildman–Crippen MR) is 76.5 cm³/mol. The fourth-order valence-electron chi connectivity index (χ4n) is 2.44. The normalized spacial score (nSPS) is 20.6. The van der Waals surface area contributed by atoms with E-state index in [1.54, 1.807) is 0 Å². The van der Waals surface area contributed by atoms with Crippen molar-refractivity contribution in [3.8, 4) is 0 Å². The molecule has 2 unspecified atom stereocenters. The Morgan fingerprint density at radius 3 is 2.28 bits per heavy atom. The number of amides is 1. The van der Waals surface area contributed by atoms with E-state index >= 15 is 0 Å². The average molecular weight is 254 g/mol. The van der Waals surface area contributed by atoms with Crippen LogP contribution in [0, 0.1) is 11.3 Å². The molecule has 3 nitrogen and oxygen atoms in total. The number of rotatable bonds is 8. The first kappa shape index (κ1) is 15.5. The van der Waals surface area contributed by atoms with Gasteiger partial charge in [0.25, 0.3) is 0 Å². The fourth-order valence-corrected chi connectivity index (χ4v) is 2.44. The van der Waals surface area contributed by atoms with Crippen molar-refractivity contribution in [3.05, 3.63) is 0 Å². The molecule has 2 atom stereocenters. The lowest BCUT2D eigenvalue weighted by atomic mass is 9.92. The Bertz CT molecular complexity index is 272. The van der Waals surface area contributed by atoms with Gasteiger partial charge in [-0.25, -0.2) is 0 Å². The first-order valence-electron chi connectivity index (χ1n) is 7.45. The van der Waals surface area contributed by atoms with E-state index in [2.05, 4.69) is 38.3 Å². The van der Waals surface area contributed by atoms with Gasteiger partial charge in [-0.05, 0) is 44.4 Å². The summed E-state index contributed by atoms with van der Waals surface area (Å²) in [5, 5.41) is 6.47. The molecule has 0 aromatic heterocycles. The van der Waals surface area contributed by atoms with E-state index < -0.39 is 0 Å². The molecule has 1 amide bonds. The zero-order valence-corrected chi connectivity index (χ0v) is 12.7. The van der Waals surface area contributed by atoms with Gasteiger partial charge in [-0.3, -0.25) is 4.79 Å². The van der Waals surface area contributed by atoms with Gasteiger partial charge in [0.05, 0.1) is 6.04 Å². The molecule has 0 spiro atoms. The van der Waals surface area contributed by atoms with Crippen LogP contribution in [0.1, 0.15) is 60.3 Å². The second kappa shape index (κ2) is 6.55. The van der Waals surface area contributed by atoms with Crippen LogP contribution in [0.2, 0.25) is 0 Å². The SMILES string of the molecule is CCCC(C)NC(=O)C(C)NCC1(C(C)C)CC1. The smallest absolute Gasteiger partial charge is 0.237 e. The van der Waals surface area contributed by atoms with E-state index in [-0.39, 0.29) is 18.0 Å². The van der Waals surface area contributed by atoms with Gasteiger partial charge in [0.15, 0.2) is 0 Å². The van der Waals surface area contributed by atoms with Gasteiger partial charge in [0.1, 0.15) is 0 Å². The predicted octanol–water partition coefficient (Wildman–Crippen LogP) is 2.71. The van der Waals surface area contributed by atoms with Crippen molar-refractivity contribution in [1.29, 1.82) is 0 Å². The minimum Gasteiger partial charge on any atom is -0.352 e. The van der Waals surface area contributed by atoms with E-state index in [0.717, 1.165) is 19.4 Å². The van der Waals surface area contributed by atoms with Gasteiger partial charge in [-0.1, -0.05) is 27.2 Å². The summed E-state index contributed by atoms with van der Waals surface area (Å²) in [7, 11) is 0. The molecule has 0 aromatic carbocycles. The summed E-state index contributed by atoms with van der Waals surface area (Å²) in [6.45, 7) is 11.7. The van der Waals surface area contributed by atoms with Crippen molar-refractivity contribution in [1.82, 2.24) is 10.6 Å². The molecule has 0 heterocycles. The van der Waals surface area contributed by atoms with Crippen LogP contribution < -0.4 is 10.6 Å². The molecule has 2 N–H and O–H groups in total. The molecule has 1 rings (SSSR count). The molecule has 1 fully saturated rings. The quantitative estimate of drug-likeness (QED) is 0.699. The summed E-state index contributed by atoms with van der Waals surface area (Å²) >= 11 is 0. The number of nitrogens with one attached hydrogen (secondary N) is 2. The summed E-state index contributed by atoms with van der Waals surface area (Å²) in [6, 6.07) is 0.201. The molecule has 0 saturated heterocycles. The Morgan fingerprint density at radius 1 is 1.22 bits per heavy atom. The highest BCUT2D eigenvalue weighted by Gasteiger charge is 2.45. The molecular weight excluding hydrogens is 224 g/mol. The molecule has 3 heteroatoms. The van der Waals surface area contributed by atoms with Crippen molar-refractivity contribution < 1.29 is 4.79 Å².